The van der Waals surface area contributed by atoms with E-state index >= 15 is 0 Å². The van der Waals surface area contributed by atoms with Gasteiger partial charge in [0, 0.05) is 12.8 Å². The maximum atomic E-state index is 11.0. The molecule has 0 atom stereocenters. The number of carbonyl (C=O) groups excluding carboxylic acids is 1. The maximum absolute atomic E-state index is 11.0. The standard InChI is InChI=1S/C12H20O/c1-2-3-10-4-6-12(7-5-10)8-11(13)9-12/h10H,2-9H2,1H3. The first-order chi connectivity index (χ1) is 6.24. The molecule has 2 aliphatic rings. The second-order valence-electron chi connectivity index (χ2n) is 5.12. The van der Waals surface area contributed by atoms with Crippen molar-refractivity contribution in [1.82, 2.24) is 0 Å². The van der Waals surface area contributed by atoms with Crippen LogP contribution < -0.4 is 0 Å². The number of hydrogen-bond acceptors (Lipinski definition) is 1. The SMILES string of the molecule is CCCC1CCC2(CC1)CC(=O)C2. The molecule has 13 heavy (non-hydrogen) atoms. The number of carbonyl (C=O) groups is 1. The van der Waals surface area contributed by atoms with Gasteiger partial charge in [-0.1, -0.05) is 19.8 Å². The van der Waals surface area contributed by atoms with Crippen LogP contribution >= 0.6 is 0 Å². The van der Waals surface area contributed by atoms with Crippen molar-refractivity contribution in [2.24, 2.45) is 11.3 Å². The molecule has 1 nitrogen and oxygen atoms in total. The van der Waals surface area contributed by atoms with E-state index in [2.05, 4.69) is 6.92 Å². The van der Waals surface area contributed by atoms with Gasteiger partial charge in [0.25, 0.3) is 0 Å². The van der Waals surface area contributed by atoms with Gasteiger partial charge < -0.3 is 0 Å². The topological polar surface area (TPSA) is 17.1 Å². The summed E-state index contributed by atoms with van der Waals surface area (Å²) >= 11 is 0. The van der Waals surface area contributed by atoms with Gasteiger partial charge in [-0.3, -0.25) is 4.79 Å². The largest absolute Gasteiger partial charge is 0.300 e. The minimum atomic E-state index is 0.501. The van der Waals surface area contributed by atoms with Crippen LogP contribution in [0, 0.1) is 11.3 Å². The third-order valence-electron chi connectivity index (χ3n) is 4.01. The summed E-state index contributed by atoms with van der Waals surface area (Å²) < 4.78 is 0. The summed E-state index contributed by atoms with van der Waals surface area (Å²) in [7, 11) is 0. The summed E-state index contributed by atoms with van der Waals surface area (Å²) in [6.07, 6.45) is 10.0. The van der Waals surface area contributed by atoms with Crippen molar-refractivity contribution in [2.75, 3.05) is 0 Å². The van der Waals surface area contributed by atoms with Crippen LogP contribution in [0.25, 0.3) is 0 Å². The summed E-state index contributed by atoms with van der Waals surface area (Å²) in [5.41, 5.74) is 0.501. The van der Waals surface area contributed by atoms with Crippen LogP contribution in [0.3, 0.4) is 0 Å². The van der Waals surface area contributed by atoms with Crippen molar-refractivity contribution in [3.05, 3.63) is 0 Å². The summed E-state index contributed by atoms with van der Waals surface area (Å²) in [6.45, 7) is 2.28. The molecule has 1 spiro atoms. The van der Waals surface area contributed by atoms with E-state index in [4.69, 9.17) is 0 Å². The van der Waals surface area contributed by atoms with Crippen molar-refractivity contribution in [1.29, 1.82) is 0 Å². The monoisotopic (exact) mass is 180 g/mol. The molecule has 0 aromatic carbocycles. The van der Waals surface area contributed by atoms with Crippen LogP contribution in [0.15, 0.2) is 0 Å². The second-order valence-corrected chi connectivity index (χ2v) is 5.12. The van der Waals surface area contributed by atoms with Gasteiger partial charge in [-0.05, 0) is 37.0 Å². The Morgan fingerprint density at radius 1 is 1.31 bits per heavy atom. The van der Waals surface area contributed by atoms with E-state index in [0.29, 0.717) is 11.2 Å². The zero-order valence-corrected chi connectivity index (χ0v) is 8.64. The lowest BCUT2D eigenvalue weighted by Gasteiger charge is -2.45. The smallest absolute Gasteiger partial charge is 0.134 e. The molecular formula is C12H20O. The van der Waals surface area contributed by atoms with Crippen molar-refractivity contribution >= 4 is 5.78 Å². The van der Waals surface area contributed by atoms with Crippen molar-refractivity contribution in [3.63, 3.8) is 0 Å². The lowest BCUT2D eigenvalue weighted by molar-refractivity contribution is -0.135. The number of Topliss-reactive ketones (excluding diaryl/α,β-unsaturated/α-hetero) is 1. The van der Waals surface area contributed by atoms with Crippen molar-refractivity contribution < 1.29 is 4.79 Å². The highest BCUT2D eigenvalue weighted by atomic mass is 16.1. The van der Waals surface area contributed by atoms with Gasteiger partial charge in [0.15, 0.2) is 0 Å². The minimum absolute atomic E-state index is 0.501. The Bertz CT molecular complexity index is 189. The van der Waals surface area contributed by atoms with E-state index in [0.717, 1.165) is 18.8 Å². The van der Waals surface area contributed by atoms with E-state index in [1.165, 1.54) is 38.5 Å². The van der Waals surface area contributed by atoms with E-state index in [1.54, 1.807) is 0 Å². The Kier molecular flexibility index (Phi) is 2.44. The molecule has 0 aromatic heterocycles. The first kappa shape index (κ1) is 9.23. The Morgan fingerprint density at radius 3 is 2.38 bits per heavy atom. The third kappa shape index (κ3) is 1.79. The fourth-order valence-electron chi connectivity index (χ4n) is 3.13. The molecule has 2 fully saturated rings. The number of rotatable bonds is 2. The fourth-order valence-corrected chi connectivity index (χ4v) is 3.13. The highest BCUT2D eigenvalue weighted by Gasteiger charge is 2.44. The molecular weight excluding hydrogens is 160 g/mol. The van der Waals surface area contributed by atoms with E-state index in [9.17, 15) is 4.79 Å². The van der Waals surface area contributed by atoms with Gasteiger partial charge in [0.2, 0.25) is 0 Å². The summed E-state index contributed by atoms with van der Waals surface area (Å²) in [5.74, 6) is 1.49. The van der Waals surface area contributed by atoms with Crippen molar-refractivity contribution in [2.45, 2.75) is 58.3 Å². The molecule has 0 radical (unpaired) electrons. The summed E-state index contributed by atoms with van der Waals surface area (Å²) in [5, 5.41) is 0. The van der Waals surface area contributed by atoms with Crippen LogP contribution in [0.1, 0.15) is 58.3 Å². The van der Waals surface area contributed by atoms with Crippen molar-refractivity contribution in [3.8, 4) is 0 Å². The van der Waals surface area contributed by atoms with E-state index in [-0.39, 0.29) is 0 Å². The van der Waals surface area contributed by atoms with Crippen LogP contribution in [0.2, 0.25) is 0 Å². The fraction of sp³-hybridized carbons (Fsp3) is 0.917. The minimum Gasteiger partial charge on any atom is -0.300 e. The van der Waals surface area contributed by atoms with Gasteiger partial charge in [-0.2, -0.15) is 0 Å². The average molecular weight is 180 g/mol. The average Bonchev–Trinajstić information content (AvgIpc) is 2.07. The quantitative estimate of drug-likeness (QED) is 0.637. The zero-order chi connectivity index (χ0) is 9.31. The van der Waals surface area contributed by atoms with Crippen LogP contribution in [-0.4, -0.2) is 5.78 Å². The molecule has 1 heteroatoms. The highest BCUT2D eigenvalue weighted by molar-refractivity contribution is 5.86. The van der Waals surface area contributed by atoms with E-state index < -0.39 is 0 Å². The summed E-state index contributed by atoms with van der Waals surface area (Å²) in [4.78, 5) is 11.0. The number of hydrogen-bond donors (Lipinski definition) is 0. The molecule has 74 valence electrons. The molecule has 0 unspecified atom stereocenters. The lowest BCUT2D eigenvalue weighted by Crippen LogP contribution is -2.40. The van der Waals surface area contributed by atoms with Gasteiger partial charge >= 0.3 is 0 Å². The normalized spacial score (nSPS) is 27.6. The maximum Gasteiger partial charge on any atom is 0.134 e. The predicted octanol–water partition coefficient (Wildman–Crippen LogP) is 3.33. The molecule has 0 aliphatic heterocycles. The first-order valence-corrected chi connectivity index (χ1v) is 5.76. The molecule has 0 N–H and O–H groups in total. The number of ketones is 1. The third-order valence-corrected chi connectivity index (χ3v) is 4.01. The van der Waals surface area contributed by atoms with Gasteiger partial charge in [0.1, 0.15) is 5.78 Å². The van der Waals surface area contributed by atoms with Gasteiger partial charge in [0.05, 0.1) is 0 Å². The molecule has 0 aromatic rings. The molecule has 0 saturated heterocycles. The Labute approximate surface area is 80.9 Å². The second kappa shape index (κ2) is 3.43. The molecule has 0 amide bonds. The molecule has 0 bridgehead atoms. The zero-order valence-electron chi connectivity index (χ0n) is 8.64. The Balaban J connectivity index is 1.80. The summed E-state index contributed by atoms with van der Waals surface area (Å²) in [6, 6.07) is 0. The molecule has 2 aliphatic carbocycles. The first-order valence-electron chi connectivity index (χ1n) is 5.76. The van der Waals surface area contributed by atoms with Crippen LogP contribution in [0.5, 0.6) is 0 Å². The Morgan fingerprint density at radius 2 is 1.92 bits per heavy atom. The van der Waals surface area contributed by atoms with Gasteiger partial charge in [-0.15, -0.1) is 0 Å². The Hall–Kier alpha value is -0.330. The van der Waals surface area contributed by atoms with Gasteiger partial charge in [-0.25, -0.2) is 0 Å². The van der Waals surface area contributed by atoms with E-state index in [1.807, 2.05) is 0 Å². The lowest BCUT2D eigenvalue weighted by atomic mass is 9.58. The van der Waals surface area contributed by atoms with Crippen LogP contribution in [-0.2, 0) is 4.79 Å². The highest BCUT2D eigenvalue weighted by Crippen LogP contribution is 2.51. The molecule has 2 rings (SSSR count). The van der Waals surface area contributed by atoms with Crippen LogP contribution in [0.4, 0.5) is 0 Å². The molecule has 2 saturated carbocycles. The molecule has 0 heterocycles. The predicted molar refractivity (Wildman–Crippen MR) is 53.5 cm³/mol.